The van der Waals surface area contributed by atoms with Gasteiger partial charge in [0.05, 0.1) is 22.8 Å². The Morgan fingerprint density at radius 2 is 1.67 bits per heavy atom. The number of hydrogen-bond donors (Lipinski definition) is 0. The number of rotatable bonds is 3. The van der Waals surface area contributed by atoms with Gasteiger partial charge >= 0.3 is 0 Å². The Hall–Kier alpha value is -1.02. The maximum absolute atomic E-state index is 6.10. The second-order valence-corrected chi connectivity index (χ2v) is 5.25. The minimum absolute atomic E-state index is 0.237. The van der Waals surface area contributed by atoms with E-state index >= 15 is 0 Å². The fourth-order valence-corrected chi connectivity index (χ4v) is 2.54. The first-order chi connectivity index (χ1) is 8.75. The lowest BCUT2D eigenvalue weighted by molar-refractivity contribution is 0.389. The van der Waals surface area contributed by atoms with E-state index in [-0.39, 0.29) is 12.0 Å². The molecule has 0 saturated carbocycles. The molecule has 1 aliphatic heterocycles. The first-order valence-electron chi connectivity index (χ1n) is 5.87. The van der Waals surface area contributed by atoms with E-state index < -0.39 is 0 Å². The van der Waals surface area contributed by atoms with Crippen LogP contribution in [0.15, 0.2) is 48.5 Å². The lowest BCUT2D eigenvalue weighted by Crippen LogP contribution is -2.08. The molecule has 18 heavy (non-hydrogen) atoms. The molecule has 1 heterocycles. The van der Waals surface area contributed by atoms with Gasteiger partial charge in [0.25, 0.3) is 0 Å². The highest BCUT2D eigenvalue weighted by Crippen LogP contribution is 2.37. The van der Waals surface area contributed by atoms with E-state index in [4.69, 9.17) is 27.9 Å². The lowest BCUT2D eigenvalue weighted by atomic mass is 9.89. The van der Waals surface area contributed by atoms with Crippen LogP contribution >= 0.6 is 23.2 Å². The Morgan fingerprint density at radius 1 is 0.944 bits per heavy atom. The van der Waals surface area contributed by atoms with Crippen molar-refractivity contribution < 1.29 is 4.74 Å². The third-order valence-corrected chi connectivity index (χ3v) is 3.93. The number of benzene rings is 2. The highest BCUT2D eigenvalue weighted by molar-refractivity contribution is 6.42. The summed E-state index contributed by atoms with van der Waals surface area (Å²) >= 11 is 12.1. The van der Waals surface area contributed by atoms with Gasteiger partial charge in [-0.2, -0.15) is 0 Å². The van der Waals surface area contributed by atoms with Gasteiger partial charge in [-0.05, 0) is 23.3 Å². The van der Waals surface area contributed by atoms with Crippen LogP contribution in [0, 0.1) is 0 Å². The van der Waals surface area contributed by atoms with Gasteiger partial charge in [-0.15, -0.1) is 0 Å². The second-order valence-electron chi connectivity index (χ2n) is 4.43. The predicted octanol–water partition coefficient (Wildman–Crippen LogP) is 4.52. The van der Waals surface area contributed by atoms with Gasteiger partial charge in [-0.3, -0.25) is 0 Å². The molecule has 1 fully saturated rings. The summed E-state index contributed by atoms with van der Waals surface area (Å²) in [5, 5.41) is 1.18. The normalized spacial score (nSPS) is 19.6. The quantitative estimate of drug-likeness (QED) is 0.752. The summed E-state index contributed by atoms with van der Waals surface area (Å²) in [4.78, 5) is 0. The van der Waals surface area contributed by atoms with E-state index in [1.54, 1.807) is 0 Å². The number of ether oxygens (including phenoxy) is 1. The zero-order valence-corrected chi connectivity index (χ0v) is 11.2. The van der Waals surface area contributed by atoms with Crippen LogP contribution in [-0.4, -0.2) is 12.7 Å². The highest BCUT2D eigenvalue weighted by atomic mass is 35.5. The molecule has 1 nitrogen and oxygen atoms in total. The van der Waals surface area contributed by atoms with Crippen LogP contribution in [0.4, 0.5) is 0 Å². The van der Waals surface area contributed by atoms with Crippen LogP contribution < -0.4 is 0 Å². The van der Waals surface area contributed by atoms with Crippen LogP contribution in [0.5, 0.6) is 0 Å². The number of halogens is 2. The molecule has 3 rings (SSSR count). The van der Waals surface area contributed by atoms with Gasteiger partial charge in [0, 0.05) is 5.92 Å². The maximum Gasteiger partial charge on any atom is 0.0918 e. The smallest absolute Gasteiger partial charge is 0.0918 e. The maximum atomic E-state index is 6.10. The van der Waals surface area contributed by atoms with Crippen molar-refractivity contribution in [3.05, 3.63) is 69.7 Å². The molecule has 0 spiro atoms. The van der Waals surface area contributed by atoms with Crippen molar-refractivity contribution in [3.63, 3.8) is 0 Å². The summed E-state index contributed by atoms with van der Waals surface area (Å²) in [7, 11) is 0. The minimum Gasteiger partial charge on any atom is -0.372 e. The average molecular weight is 279 g/mol. The molecule has 3 heteroatoms. The van der Waals surface area contributed by atoms with Gasteiger partial charge in [0.1, 0.15) is 0 Å². The van der Waals surface area contributed by atoms with E-state index in [0.29, 0.717) is 10.0 Å². The molecule has 0 aliphatic carbocycles. The summed E-state index contributed by atoms with van der Waals surface area (Å²) in [6.45, 7) is 0.805. The van der Waals surface area contributed by atoms with Crippen LogP contribution in [-0.2, 0) is 4.74 Å². The number of hydrogen-bond acceptors (Lipinski definition) is 1. The molecule has 2 aromatic rings. The molecule has 1 unspecified atom stereocenters. The summed E-state index contributed by atoms with van der Waals surface area (Å²) < 4.78 is 5.47. The molecule has 2 atom stereocenters. The number of epoxide rings is 1. The molecule has 0 bridgehead atoms. The van der Waals surface area contributed by atoms with E-state index in [2.05, 4.69) is 12.1 Å². The Morgan fingerprint density at radius 3 is 2.28 bits per heavy atom. The second kappa shape index (κ2) is 4.93. The molecule has 0 radical (unpaired) electrons. The van der Waals surface area contributed by atoms with E-state index in [1.165, 1.54) is 5.56 Å². The largest absolute Gasteiger partial charge is 0.372 e. The molecule has 0 N–H and O–H groups in total. The van der Waals surface area contributed by atoms with Gasteiger partial charge < -0.3 is 4.74 Å². The van der Waals surface area contributed by atoms with Crippen molar-refractivity contribution >= 4 is 23.2 Å². The summed E-state index contributed by atoms with van der Waals surface area (Å²) in [5.74, 6) is 0.237. The summed E-state index contributed by atoms with van der Waals surface area (Å²) in [5.41, 5.74) is 2.40. The first kappa shape index (κ1) is 12.0. The Balaban J connectivity index is 2.02. The van der Waals surface area contributed by atoms with E-state index in [1.807, 2.05) is 36.4 Å². The molecule has 2 aromatic carbocycles. The van der Waals surface area contributed by atoms with Crippen molar-refractivity contribution in [2.45, 2.75) is 12.0 Å². The Labute approximate surface area is 116 Å². The lowest BCUT2D eigenvalue weighted by Gasteiger charge is -2.16. The van der Waals surface area contributed by atoms with Crippen molar-refractivity contribution in [2.24, 2.45) is 0 Å². The average Bonchev–Trinajstić information content (AvgIpc) is 3.20. The zero-order chi connectivity index (χ0) is 12.5. The summed E-state index contributed by atoms with van der Waals surface area (Å²) in [6, 6.07) is 16.1. The molecular formula is C15H12Cl2O. The molecule has 0 amide bonds. The van der Waals surface area contributed by atoms with E-state index in [9.17, 15) is 0 Å². The third-order valence-electron chi connectivity index (χ3n) is 3.19. The first-order valence-corrected chi connectivity index (χ1v) is 6.63. The minimum atomic E-state index is 0.237. The van der Waals surface area contributed by atoms with E-state index in [0.717, 1.165) is 12.2 Å². The fourth-order valence-electron chi connectivity index (χ4n) is 2.24. The highest BCUT2D eigenvalue weighted by Gasteiger charge is 2.35. The summed E-state index contributed by atoms with van der Waals surface area (Å²) in [6.07, 6.45) is 0.254. The molecule has 0 aromatic heterocycles. The Bertz CT molecular complexity index is 550. The molecular weight excluding hydrogens is 267 g/mol. The molecule has 1 saturated heterocycles. The van der Waals surface area contributed by atoms with Crippen LogP contribution in [0.25, 0.3) is 0 Å². The van der Waals surface area contributed by atoms with Crippen molar-refractivity contribution in [3.8, 4) is 0 Å². The van der Waals surface area contributed by atoms with Crippen molar-refractivity contribution in [2.75, 3.05) is 6.61 Å². The van der Waals surface area contributed by atoms with Crippen molar-refractivity contribution in [1.29, 1.82) is 0 Å². The van der Waals surface area contributed by atoms with Gasteiger partial charge in [0.2, 0.25) is 0 Å². The SMILES string of the molecule is Clc1ccc([C@H](c2ccccc2)C2CO2)cc1Cl. The van der Waals surface area contributed by atoms with Gasteiger partial charge in [0.15, 0.2) is 0 Å². The van der Waals surface area contributed by atoms with Crippen LogP contribution in [0.2, 0.25) is 10.0 Å². The van der Waals surface area contributed by atoms with Gasteiger partial charge in [-0.1, -0.05) is 59.6 Å². The zero-order valence-electron chi connectivity index (χ0n) is 9.64. The standard InChI is InChI=1S/C15H12Cl2O/c16-12-7-6-11(8-13(12)17)15(14-9-18-14)10-4-2-1-3-5-10/h1-8,14-15H,9H2/t14?,15-/m0/s1. The predicted molar refractivity (Wildman–Crippen MR) is 74.5 cm³/mol. The van der Waals surface area contributed by atoms with Gasteiger partial charge in [-0.25, -0.2) is 0 Å². The monoisotopic (exact) mass is 278 g/mol. The molecule has 92 valence electrons. The topological polar surface area (TPSA) is 12.5 Å². The van der Waals surface area contributed by atoms with Crippen LogP contribution in [0.1, 0.15) is 17.0 Å². The molecule has 1 aliphatic rings. The fraction of sp³-hybridized carbons (Fsp3) is 0.200. The van der Waals surface area contributed by atoms with Crippen molar-refractivity contribution in [1.82, 2.24) is 0 Å². The Kier molecular flexibility index (Phi) is 3.29. The van der Waals surface area contributed by atoms with Crippen LogP contribution in [0.3, 0.4) is 0 Å². The third kappa shape index (κ3) is 2.39.